The predicted octanol–water partition coefficient (Wildman–Crippen LogP) is 2.43. The van der Waals surface area contributed by atoms with Gasteiger partial charge in [0, 0.05) is 39.2 Å². The lowest BCUT2D eigenvalue weighted by Crippen LogP contribution is -2.39. The molecule has 0 fully saturated rings. The summed E-state index contributed by atoms with van der Waals surface area (Å²) in [4.78, 5) is 22.2. The number of guanidine groups is 1. The number of nitrogens with zero attached hydrogens (tertiary/aromatic N) is 3. The van der Waals surface area contributed by atoms with Crippen molar-refractivity contribution in [2.75, 3.05) is 40.4 Å². The molecule has 0 aliphatic rings. The highest BCUT2D eigenvalue weighted by molar-refractivity contribution is 14.0. The zero-order chi connectivity index (χ0) is 18.7. The van der Waals surface area contributed by atoms with Crippen LogP contribution in [-0.2, 0) is 16.1 Å². The van der Waals surface area contributed by atoms with Crippen molar-refractivity contribution in [1.82, 2.24) is 20.5 Å². The molecule has 1 rings (SSSR count). The van der Waals surface area contributed by atoms with Crippen molar-refractivity contribution in [1.29, 1.82) is 0 Å². The molecule has 1 aromatic heterocycles. The highest BCUT2D eigenvalue weighted by atomic mass is 127. The van der Waals surface area contributed by atoms with Gasteiger partial charge in [0.2, 0.25) is 5.91 Å². The van der Waals surface area contributed by atoms with Gasteiger partial charge >= 0.3 is 0 Å². The van der Waals surface area contributed by atoms with E-state index in [1.165, 1.54) is 4.90 Å². The predicted molar refractivity (Wildman–Crippen MR) is 119 cm³/mol. The summed E-state index contributed by atoms with van der Waals surface area (Å²) in [5, 5.41) is 9.58. The number of halogens is 1. The van der Waals surface area contributed by atoms with Crippen LogP contribution < -0.4 is 10.6 Å². The molecule has 0 saturated carbocycles. The van der Waals surface area contributed by atoms with E-state index in [0.29, 0.717) is 25.0 Å². The SMILES string of the molecule is CCOCCCNC(=NCC(=O)N(C)C)NCc1nc(C(C)C)cs1.I. The van der Waals surface area contributed by atoms with Crippen LogP contribution in [-0.4, -0.2) is 62.1 Å². The number of nitrogens with one attached hydrogen (secondary N) is 2. The summed E-state index contributed by atoms with van der Waals surface area (Å²) in [6.45, 7) is 9.10. The first kappa shape index (κ1) is 25.1. The normalized spacial score (nSPS) is 11.2. The topological polar surface area (TPSA) is 78.8 Å². The Morgan fingerprint density at radius 2 is 2.12 bits per heavy atom. The van der Waals surface area contributed by atoms with Crippen molar-refractivity contribution in [3.05, 3.63) is 16.1 Å². The molecule has 1 amide bonds. The Balaban J connectivity index is 0.00000625. The van der Waals surface area contributed by atoms with E-state index < -0.39 is 0 Å². The van der Waals surface area contributed by atoms with Crippen molar-refractivity contribution < 1.29 is 9.53 Å². The van der Waals surface area contributed by atoms with E-state index in [2.05, 4.69) is 39.8 Å². The molecule has 1 aromatic rings. The maximum absolute atomic E-state index is 11.7. The quantitative estimate of drug-likeness (QED) is 0.225. The lowest BCUT2D eigenvalue weighted by molar-refractivity contribution is -0.127. The summed E-state index contributed by atoms with van der Waals surface area (Å²) >= 11 is 1.63. The van der Waals surface area contributed by atoms with E-state index >= 15 is 0 Å². The largest absolute Gasteiger partial charge is 0.382 e. The number of aliphatic imine (C=N–C) groups is 1. The van der Waals surface area contributed by atoms with Crippen molar-refractivity contribution in [2.24, 2.45) is 4.99 Å². The van der Waals surface area contributed by atoms with Crippen LogP contribution in [0.15, 0.2) is 10.4 Å². The van der Waals surface area contributed by atoms with Gasteiger partial charge in [-0.05, 0) is 19.3 Å². The molecule has 0 spiro atoms. The van der Waals surface area contributed by atoms with Crippen LogP contribution in [0.2, 0.25) is 0 Å². The smallest absolute Gasteiger partial charge is 0.243 e. The number of thiazole rings is 1. The van der Waals surface area contributed by atoms with Crippen molar-refractivity contribution in [2.45, 2.75) is 39.7 Å². The first-order chi connectivity index (χ1) is 11.9. The summed E-state index contributed by atoms with van der Waals surface area (Å²) in [5.74, 6) is 1.01. The number of rotatable bonds is 10. The van der Waals surface area contributed by atoms with E-state index in [1.54, 1.807) is 25.4 Å². The minimum atomic E-state index is -0.0354. The highest BCUT2D eigenvalue weighted by Gasteiger charge is 2.08. The molecule has 0 radical (unpaired) electrons. The minimum absolute atomic E-state index is 0. The van der Waals surface area contributed by atoms with Gasteiger partial charge in [-0.2, -0.15) is 0 Å². The lowest BCUT2D eigenvalue weighted by atomic mass is 10.2. The zero-order valence-corrected chi connectivity index (χ0v) is 19.5. The van der Waals surface area contributed by atoms with Crippen LogP contribution in [0.3, 0.4) is 0 Å². The Kier molecular flexibility index (Phi) is 13.6. The molecule has 150 valence electrons. The second-order valence-corrected chi connectivity index (χ2v) is 7.05. The van der Waals surface area contributed by atoms with Crippen LogP contribution in [0.5, 0.6) is 0 Å². The van der Waals surface area contributed by atoms with Gasteiger partial charge in [-0.15, -0.1) is 35.3 Å². The number of carbonyl (C=O) groups is 1. The fourth-order valence-electron chi connectivity index (χ4n) is 1.82. The fourth-order valence-corrected chi connectivity index (χ4v) is 2.71. The van der Waals surface area contributed by atoms with Gasteiger partial charge in [-0.25, -0.2) is 9.98 Å². The molecule has 0 atom stereocenters. The van der Waals surface area contributed by atoms with Crippen LogP contribution in [0.1, 0.15) is 43.8 Å². The Morgan fingerprint density at radius 3 is 2.69 bits per heavy atom. The van der Waals surface area contributed by atoms with Crippen molar-refractivity contribution in [3.8, 4) is 0 Å². The zero-order valence-electron chi connectivity index (χ0n) is 16.4. The van der Waals surface area contributed by atoms with Crippen LogP contribution in [0, 0.1) is 0 Å². The number of aromatic nitrogens is 1. The minimum Gasteiger partial charge on any atom is -0.382 e. The first-order valence-electron chi connectivity index (χ1n) is 8.68. The van der Waals surface area contributed by atoms with Gasteiger partial charge in [0.25, 0.3) is 0 Å². The second-order valence-electron chi connectivity index (χ2n) is 6.10. The average Bonchev–Trinajstić information content (AvgIpc) is 3.05. The van der Waals surface area contributed by atoms with Crippen molar-refractivity contribution >= 4 is 47.2 Å². The molecule has 1 heterocycles. The molecule has 2 N–H and O–H groups in total. The number of carbonyl (C=O) groups excluding carboxylic acids is 1. The highest BCUT2D eigenvalue weighted by Crippen LogP contribution is 2.17. The summed E-state index contributed by atoms with van der Waals surface area (Å²) in [6, 6.07) is 0. The Hall–Kier alpha value is -0.940. The average molecular weight is 497 g/mol. The summed E-state index contributed by atoms with van der Waals surface area (Å²) in [6.07, 6.45) is 0.880. The van der Waals surface area contributed by atoms with Gasteiger partial charge in [0.15, 0.2) is 5.96 Å². The molecule has 26 heavy (non-hydrogen) atoms. The molecule has 0 aliphatic carbocycles. The van der Waals surface area contributed by atoms with Gasteiger partial charge < -0.3 is 20.3 Å². The Labute approximate surface area is 178 Å². The van der Waals surface area contributed by atoms with Gasteiger partial charge in [-0.3, -0.25) is 4.79 Å². The molecular weight excluding hydrogens is 465 g/mol. The van der Waals surface area contributed by atoms with Gasteiger partial charge in [0.05, 0.1) is 12.2 Å². The molecule has 0 bridgehead atoms. The third kappa shape index (κ3) is 10.3. The monoisotopic (exact) mass is 497 g/mol. The maximum Gasteiger partial charge on any atom is 0.243 e. The third-order valence-corrected chi connectivity index (χ3v) is 4.27. The Morgan fingerprint density at radius 1 is 1.38 bits per heavy atom. The van der Waals surface area contributed by atoms with E-state index in [-0.39, 0.29) is 36.4 Å². The molecule has 0 aliphatic heterocycles. The molecule has 0 saturated heterocycles. The van der Waals surface area contributed by atoms with E-state index in [9.17, 15) is 4.79 Å². The Bertz CT molecular complexity index is 549. The number of likely N-dealkylation sites (N-methyl/N-ethyl adjacent to an activating group) is 1. The third-order valence-electron chi connectivity index (χ3n) is 3.40. The van der Waals surface area contributed by atoms with Crippen LogP contribution >= 0.6 is 35.3 Å². The number of hydrogen-bond acceptors (Lipinski definition) is 5. The van der Waals surface area contributed by atoms with Crippen LogP contribution in [0.25, 0.3) is 0 Å². The van der Waals surface area contributed by atoms with Gasteiger partial charge in [-0.1, -0.05) is 13.8 Å². The van der Waals surface area contributed by atoms with E-state index in [1.807, 2.05) is 6.92 Å². The fraction of sp³-hybridized carbons (Fsp3) is 0.706. The molecule has 0 unspecified atom stereocenters. The van der Waals surface area contributed by atoms with Crippen LogP contribution in [0.4, 0.5) is 0 Å². The molecule has 7 nitrogen and oxygen atoms in total. The summed E-state index contributed by atoms with van der Waals surface area (Å²) in [5.41, 5.74) is 1.10. The van der Waals surface area contributed by atoms with E-state index in [4.69, 9.17) is 4.74 Å². The standard InChI is InChI=1S/C17H31N5O2S.HI/c1-6-24-9-7-8-18-17(20-11-16(23)22(4)5)19-10-15-21-14(12-25-15)13(2)3;/h12-13H,6-11H2,1-5H3,(H2,18,19,20);1H. The van der Waals surface area contributed by atoms with Gasteiger partial charge in [0.1, 0.15) is 11.6 Å². The molecule has 0 aromatic carbocycles. The number of ether oxygens (including phenoxy) is 1. The number of amides is 1. The molecule has 9 heteroatoms. The maximum atomic E-state index is 11.7. The second kappa shape index (κ2) is 14.2. The lowest BCUT2D eigenvalue weighted by Gasteiger charge is -2.13. The van der Waals surface area contributed by atoms with Crippen molar-refractivity contribution in [3.63, 3.8) is 0 Å². The molecular formula is C17H32IN5O2S. The summed E-state index contributed by atoms with van der Waals surface area (Å²) in [7, 11) is 3.45. The summed E-state index contributed by atoms with van der Waals surface area (Å²) < 4.78 is 5.33. The number of hydrogen-bond donors (Lipinski definition) is 2. The van der Waals surface area contributed by atoms with E-state index in [0.717, 1.165) is 30.3 Å². The first-order valence-corrected chi connectivity index (χ1v) is 9.56.